The predicted octanol–water partition coefficient (Wildman–Crippen LogP) is -1.77. The molecular formula is C9H15N5O3. The van der Waals surface area contributed by atoms with E-state index in [1.165, 1.54) is 4.68 Å². The van der Waals surface area contributed by atoms with Crippen LogP contribution in [-0.2, 0) is 16.6 Å². The lowest BCUT2D eigenvalue weighted by atomic mass is 10.3. The first-order valence-corrected chi connectivity index (χ1v) is 4.94. The van der Waals surface area contributed by atoms with Gasteiger partial charge in [-0.05, 0) is 0 Å². The van der Waals surface area contributed by atoms with Crippen molar-refractivity contribution >= 4 is 17.5 Å². The summed E-state index contributed by atoms with van der Waals surface area (Å²) in [6, 6.07) is 0. The van der Waals surface area contributed by atoms with Crippen LogP contribution in [0.1, 0.15) is 10.5 Å². The summed E-state index contributed by atoms with van der Waals surface area (Å²) < 4.78 is 6.32. The number of anilines is 1. The van der Waals surface area contributed by atoms with Gasteiger partial charge in [-0.25, -0.2) is 0 Å². The van der Waals surface area contributed by atoms with Crippen LogP contribution in [0.25, 0.3) is 0 Å². The summed E-state index contributed by atoms with van der Waals surface area (Å²) >= 11 is 0. The number of amides is 2. The molecule has 1 aromatic heterocycles. The molecule has 17 heavy (non-hydrogen) atoms. The normalized spacial score (nSPS) is 10.2. The Labute approximate surface area is 97.9 Å². The second-order valence-corrected chi connectivity index (χ2v) is 3.38. The number of ether oxygens (including phenoxy) is 1. The Kier molecular flexibility index (Phi) is 4.46. The minimum atomic E-state index is -0.551. The van der Waals surface area contributed by atoms with Gasteiger partial charge in [-0.15, -0.1) is 0 Å². The Morgan fingerprint density at radius 1 is 1.59 bits per heavy atom. The van der Waals surface area contributed by atoms with Crippen LogP contribution in [-0.4, -0.2) is 41.4 Å². The van der Waals surface area contributed by atoms with Crippen LogP contribution in [0.5, 0.6) is 0 Å². The van der Waals surface area contributed by atoms with Crippen molar-refractivity contribution in [3.05, 3.63) is 11.9 Å². The van der Waals surface area contributed by atoms with Crippen molar-refractivity contribution in [3.63, 3.8) is 0 Å². The Morgan fingerprint density at radius 2 is 2.29 bits per heavy atom. The summed E-state index contributed by atoms with van der Waals surface area (Å²) in [7, 11) is 1.67. The molecular weight excluding hydrogens is 226 g/mol. The lowest BCUT2D eigenvalue weighted by molar-refractivity contribution is -0.122. The summed E-state index contributed by atoms with van der Waals surface area (Å²) in [4.78, 5) is 21.9. The third kappa shape index (κ3) is 4.11. The number of nitrogens with two attached hydrogens (primary N) is 2. The van der Waals surface area contributed by atoms with E-state index >= 15 is 0 Å². The molecule has 5 N–H and O–H groups in total. The van der Waals surface area contributed by atoms with E-state index in [0.717, 1.165) is 0 Å². The van der Waals surface area contributed by atoms with Crippen molar-refractivity contribution < 1.29 is 14.3 Å². The van der Waals surface area contributed by atoms with E-state index in [4.69, 9.17) is 16.2 Å². The molecule has 0 saturated carbocycles. The predicted molar refractivity (Wildman–Crippen MR) is 60.0 cm³/mol. The minimum Gasteiger partial charge on any atom is -0.396 e. The monoisotopic (exact) mass is 241 g/mol. The molecule has 8 nitrogen and oxygen atoms in total. The van der Waals surface area contributed by atoms with E-state index < -0.39 is 5.91 Å². The quantitative estimate of drug-likeness (QED) is 0.508. The molecule has 0 radical (unpaired) electrons. The molecule has 0 saturated heterocycles. The fraction of sp³-hybridized carbons (Fsp3) is 0.444. The topological polar surface area (TPSA) is 125 Å². The van der Waals surface area contributed by atoms with Gasteiger partial charge in [0.1, 0.15) is 6.61 Å². The smallest absolute Gasteiger partial charge is 0.274 e. The van der Waals surface area contributed by atoms with E-state index in [0.29, 0.717) is 5.69 Å². The van der Waals surface area contributed by atoms with E-state index in [2.05, 4.69) is 10.4 Å². The number of aryl methyl sites for hydroxylation is 1. The van der Waals surface area contributed by atoms with E-state index in [9.17, 15) is 9.59 Å². The molecule has 0 aliphatic rings. The first-order valence-electron chi connectivity index (χ1n) is 4.94. The van der Waals surface area contributed by atoms with Crippen LogP contribution in [0.2, 0.25) is 0 Å². The second kappa shape index (κ2) is 5.85. The number of nitrogens with zero attached hydrogens (tertiary/aromatic N) is 2. The number of carbonyl (C=O) groups excluding carboxylic acids is 2. The zero-order valence-electron chi connectivity index (χ0n) is 9.47. The summed E-state index contributed by atoms with van der Waals surface area (Å²) in [6.45, 7) is 0.283. The second-order valence-electron chi connectivity index (χ2n) is 3.38. The average Bonchev–Trinajstić information content (AvgIpc) is 2.56. The molecule has 94 valence electrons. The standard InChI is InChI=1S/C9H15N5O3/c1-14-4-6(10)8(13-14)9(16)12-2-3-17-5-7(11)15/h4H,2-3,5,10H2,1H3,(H2,11,15)(H,12,16). The van der Waals surface area contributed by atoms with E-state index in [1.807, 2.05) is 0 Å². The number of rotatable bonds is 6. The third-order valence-corrected chi connectivity index (χ3v) is 1.85. The highest BCUT2D eigenvalue weighted by Crippen LogP contribution is 2.06. The SMILES string of the molecule is Cn1cc(N)c(C(=O)NCCOCC(N)=O)n1. The number of nitrogens with one attached hydrogen (secondary N) is 1. The molecule has 0 spiro atoms. The minimum absolute atomic E-state index is 0.165. The molecule has 0 aliphatic heterocycles. The van der Waals surface area contributed by atoms with Crippen LogP contribution < -0.4 is 16.8 Å². The van der Waals surface area contributed by atoms with Gasteiger partial charge in [-0.1, -0.05) is 0 Å². The van der Waals surface area contributed by atoms with Crippen LogP contribution in [0.4, 0.5) is 5.69 Å². The molecule has 0 fully saturated rings. The molecule has 8 heteroatoms. The number of hydrogen-bond donors (Lipinski definition) is 3. The molecule has 0 aromatic carbocycles. The third-order valence-electron chi connectivity index (χ3n) is 1.85. The van der Waals surface area contributed by atoms with Crippen molar-refractivity contribution in [2.75, 3.05) is 25.5 Å². The summed E-state index contributed by atoms with van der Waals surface area (Å²) in [6.07, 6.45) is 1.54. The van der Waals surface area contributed by atoms with Gasteiger partial charge < -0.3 is 21.5 Å². The maximum Gasteiger partial charge on any atom is 0.274 e. The summed E-state index contributed by atoms with van der Waals surface area (Å²) in [5.41, 5.74) is 10.9. The van der Waals surface area contributed by atoms with Gasteiger partial charge >= 0.3 is 0 Å². The lowest BCUT2D eigenvalue weighted by Crippen LogP contribution is -2.29. The van der Waals surface area contributed by atoms with Gasteiger partial charge in [0.05, 0.1) is 12.3 Å². The number of carbonyl (C=O) groups is 2. The maximum atomic E-state index is 11.6. The number of hydrogen-bond acceptors (Lipinski definition) is 5. The average molecular weight is 241 g/mol. The zero-order chi connectivity index (χ0) is 12.8. The van der Waals surface area contributed by atoms with Gasteiger partial charge in [-0.2, -0.15) is 5.10 Å². The molecule has 1 heterocycles. The van der Waals surface area contributed by atoms with Crippen molar-refractivity contribution in [1.29, 1.82) is 0 Å². The van der Waals surface area contributed by atoms with Crippen molar-refractivity contribution in [3.8, 4) is 0 Å². The fourth-order valence-electron chi connectivity index (χ4n) is 1.18. The van der Waals surface area contributed by atoms with Gasteiger partial charge in [0.2, 0.25) is 5.91 Å². The van der Waals surface area contributed by atoms with Gasteiger partial charge in [0.15, 0.2) is 5.69 Å². The Bertz CT molecular complexity index is 415. The van der Waals surface area contributed by atoms with Gasteiger partial charge in [-0.3, -0.25) is 14.3 Å². The molecule has 1 rings (SSSR count). The Balaban J connectivity index is 2.30. The molecule has 2 amide bonds. The molecule has 0 unspecified atom stereocenters. The highest BCUT2D eigenvalue weighted by molar-refractivity contribution is 5.96. The van der Waals surface area contributed by atoms with Crippen LogP contribution in [0.3, 0.4) is 0 Å². The Morgan fingerprint density at radius 3 is 2.82 bits per heavy atom. The largest absolute Gasteiger partial charge is 0.396 e. The number of nitrogen functional groups attached to an aromatic ring is 1. The van der Waals surface area contributed by atoms with Crippen LogP contribution in [0, 0.1) is 0 Å². The maximum absolute atomic E-state index is 11.6. The fourth-order valence-corrected chi connectivity index (χ4v) is 1.18. The number of aromatic nitrogens is 2. The van der Waals surface area contributed by atoms with Gasteiger partial charge in [0, 0.05) is 19.8 Å². The van der Waals surface area contributed by atoms with Crippen LogP contribution in [0.15, 0.2) is 6.20 Å². The molecule has 1 aromatic rings. The molecule has 0 atom stereocenters. The first-order chi connectivity index (χ1) is 8.00. The molecule has 0 aliphatic carbocycles. The number of primary amides is 1. The van der Waals surface area contributed by atoms with Crippen molar-refractivity contribution in [1.82, 2.24) is 15.1 Å². The van der Waals surface area contributed by atoms with Crippen molar-refractivity contribution in [2.24, 2.45) is 12.8 Å². The highest BCUT2D eigenvalue weighted by atomic mass is 16.5. The first kappa shape index (κ1) is 13.0. The Hall–Kier alpha value is -2.09. The van der Waals surface area contributed by atoms with Crippen molar-refractivity contribution in [2.45, 2.75) is 0 Å². The van der Waals surface area contributed by atoms with E-state index in [1.54, 1.807) is 13.2 Å². The lowest BCUT2D eigenvalue weighted by Gasteiger charge is -2.03. The molecule has 0 bridgehead atoms. The summed E-state index contributed by atoms with van der Waals surface area (Å²) in [5.74, 6) is -0.934. The highest BCUT2D eigenvalue weighted by Gasteiger charge is 2.12. The van der Waals surface area contributed by atoms with Gasteiger partial charge in [0.25, 0.3) is 5.91 Å². The zero-order valence-corrected chi connectivity index (χ0v) is 9.47. The van der Waals surface area contributed by atoms with E-state index in [-0.39, 0.29) is 31.4 Å². The van der Waals surface area contributed by atoms with Crippen LogP contribution >= 0.6 is 0 Å². The summed E-state index contributed by atoms with van der Waals surface area (Å²) in [5, 5.41) is 6.46.